The van der Waals surface area contributed by atoms with Crippen LogP contribution in [0.5, 0.6) is 0 Å². The number of hydrogen-bond acceptors (Lipinski definition) is 2. The molecule has 0 aliphatic rings. The molecule has 6 heteroatoms. The van der Waals surface area contributed by atoms with E-state index >= 15 is 0 Å². The van der Waals surface area contributed by atoms with Crippen molar-refractivity contribution in [3.63, 3.8) is 0 Å². The lowest BCUT2D eigenvalue weighted by Crippen LogP contribution is -2.37. The Bertz CT molecular complexity index is 636. The molecule has 0 saturated carbocycles. The fraction of sp³-hybridized carbons (Fsp3) is 0.444. The molecular weight excluding hydrogens is 413 g/mol. The van der Waals surface area contributed by atoms with Gasteiger partial charge in [-0.2, -0.15) is 5.10 Å². The zero-order valence-corrected chi connectivity index (χ0v) is 17.1. The Morgan fingerprint density at radius 1 is 1.25 bits per heavy atom. The average Bonchev–Trinajstić information content (AvgIpc) is 2.96. The van der Waals surface area contributed by atoms with E-state index in [0.717, 1.165) is 31.9 Å². The molecule has 5 nitrogen and oxygen atoms in total. The van der Waals surface area contributed by atoms with Crippen molar-refractivity contribution >= 4 is 29.9 Å². The summed E-state index contributed by atoms with van der Waals surface area (Å²) in [4.78, 5) is 4.67. The number of halogens is 1. The fourth-order valence-corrected chi connectivity index (χ4v) is 2.39. The predicted molar refractivity (Wildman–Crippen MR) is 111 cm³/mol. The van der Waals surface area contributed by atoms with Gasteiger partial charge < -0.3 is 10.6 Å². The number of aliphatic imine (C=N–C) groups is 1. The minimum Gasteiger partial charge on any atom is -0.357 e. The standard InChI is InChI=1S/C18H27N5.HI/c1-4-19-18(21-13-17-10-6-5-8-15(17)2)20-11-7-9-16-12-22-23(3)14-16;/h5-6,8,10,12,14H,4,7,9,11,13H2,1-3H3,(H2,19,20,21);1H. The van der Waals surface area contributed by atoms with Crippen molar-refractivity contribution in [1.29, 1.82) is 0 Å². The molecule has 0 bridgehead atoms. The monoisotopic (exact) mass is 441 g/mol. The highest BCUT2D eigenvalue weighted by Crippen LogP contribution is 2.07. The van der Waals surface area contributed by atoms with Crippen molar-refractivity contribution in [2.24, 2.45) is 12.0 Å². The third kappa shape index (κ3) is 6.90. The van der Waals surface area contributed by atoms with Gasteiger partial charge in [-0.05, 0) is 43.4 Å². The summed E-state index contributed by atoms with van der Waals surface area (Å²) in [6.07, 6.45) is 6.08. The number of rotatable bonds is 7. The summed E-state index contributed by atoms with van der Waals surface area (Å²) >= 11 is 0. The molecule has 0 spiro atoms. The predicted octanol–water partition coefficient (Wildman–Crippen LogP) is 3.03. The Hall–Kier alpha value is -1.57. The van der Waals surface area contributed by atoms with Crippen molar-refractivity contribution < 1.29 is 0 Å². The number of aryl methyl sites for hydroxylation is 3. The second-order valence-corrected chi connectivity index (χ2v) is 5.67. The zero-order chi connectivity index (χ0) is 16.5. The molecule has 1 aromatic heterocycles. The van der Waals surface area contributed by atoms with E-state index in [1.165, 1.54) is 16.7 Å². The molecule has 1 heterocycles. The number of aromatic nitrogens is 2. The Morgan fingerprint density at radius 3 is 2.71 bits per heavy atom. The zero-order valence-electron chi connectivity index (χ0n) is 14.7. The van der Waals surface area contributed by atoms with Gasteiger partial charge in [0.1, 0.15) is 0 Å². The molecule has 0 radical (unpaired) electrons. The molecule has 0 amide bonds. The maximum Gasteiger partial charge on any atom is 0.191 e. The van der Waals surface area contributed by atoms with E-state index in [-0.39, 0.29) is 24.0 Å². The van der Waals surface area contributed by atoms with Crippen LogP contribution in [0.25, 0.3) is 0 Å². The van der Waals surface area contributed by atoms with Gasteiger partial charge in [0.05, 0.1) is 12.7 Å². The minimum atomic E-state index is 0. The van der Waals surface area contributed by atoms with Crippen molar-refractivity contribution in [2.45, 2.75) is 33.2 Å². The molecule has 2 rings (SSSR count). The fourth-order valence-electron chi connectivity index (χ4n) is 2.39. The number of nitrogens with zero attached hydrogens (tertiary/aromatic N) is 3. The summed E-state index contributed by atoms with van der Waals surface area (Å²) in [5.41, 5.74) is 3.82. The van der Waals surface area contributed by atoms with Gasteiger partial charge in [0.2, 0.25) is 0 Å². The molecule has 0 unspecified atom stereocenters. The molecule has 0 aliphatic heterocycles. The first-order valence-electron chi connectivity index (χ1n) is 8.23. The van der Waals surface area contributed by atoms with Crippen molar-refractivity contribution in [3.05, 3.63) is 53.3 Å². The van der Waals surface area contributed by atoms with Crippen molar-refractivity contribution in [1.82, 2.24) is 20.4 Å². The van der Waals surface area contributed by atoms with E-state index in [2.05, 4.69) is 65.0 Å². The van der Waals surface area contributed by atoms with Gasteiger partial charge in [0.25, 0.3) is 0 Å². The van der Waals surface area contributed by atoms with Crippen molar-refractivity contribution in [3.8, 4) is 0 Å². The van der Waals surface area contributed by atoms with Crippen LogP contribution in [0.3, 0.4) is 0 Å². The molecule has 132 valence electrons. The normalized spacial score (nSPS) is 11.0. The number of hydrogen-bond donors (Lipinski definition) is 2. The second kappa shape index (κ2) is 11.1. The summed E-state index contributed by atoms with van der Waals surface area (Å²) in [5, 5.41) is 10.9. The lowest BCUT2D eigenvalue weighted by molar-refractivity contribution is 0.740. The van der Waals surface area contributed by atoms with Crippen LogP contribution >= 0.6 is 24.0 Å². The Kier molecular flexibility index (Phi) is 9.44. The maximum atomic E-state index is 4.67. The number of nitrogens with one attached hydrogen (secondary N) is 2. The van der Waals surface area contributed by atoms with Gasteiger partial charge in [-0.3, -0.25) is 4.68 Å². The summed E-state index contributed by atoms with van der Waals surface area (Å²) < 4.78 is 1.84. The lowest BCUT2D eigenvalue weighted by atomic mass is 10.1. The molecule has 0 saturated heterocycles. The molecule has 0 aliphatic carbocycles. The Balaban J connectivity index is 0.00000288. The topological polar surface area (TPSA) is 54.2 Å². The third-order valence-electron chi connectivity index (χ3n) is 3.71. The summed E-state index contributed by atoms with van der Waals surface area (Å²) in [6.45, 7) is 6.67. The van der Waals surface area contributed by atoms with E-state index in [1.807, 2.05) is 17.9 Å². The van der Waals surface area contributed by atoms with Crippen LogP contribution in [0.2, 0.25) is 0 Å². The molecule has 1 aromatic carbocycles. The van der Waals surface area contributed by atoms with E-state index in [4.69, 9.17) is 0 Å². The van der Waals surface area contributed by atoms with Gasteiger partial charge in [-0.25, -0.2) is 4.99 Å². The SMILES string of the molecule is CCNC(=NCc1ccccc1C)NCCCc1cnn(C)c1.I. The highest BCUT2D eigenvalue weighted by atomic mass is 127. The third-order valence-corrected chi connectivity index (χ3v) is 3.71. The summed E-state index contributed by atoms with van der Waals surface area (Å²) in [7, 11) is 1.95. The summed E-state index contributed by atoms with van der Waals surface area (Å²) in [6, 6.07) is 8.38. The Labute approximate surface area is 162 Å². The first kappa shape index (κ1) is 20.5. The van der Waals surface area contributed by atoms with E-state index in [0.29, 0.717) is 6.54 Å². The highest BCUT2D eigenvalue weighted by molar-refractivity contribution is 14.0. The van der Waals surface area contributed by atoms with Gasteiger partial charge in [-0.15, -0.1) is 24.0 Å². The average molecular weight is 441 g/mol. The van der Waals surface area contributed by atoms with Crippen LogP contribution in [0, 0.1) is 6.92 Å². The van der Waals surface area contributed by atoms with Crippen LogP contribution in [-0.4, -0.2) is 28.8 Å². The minimum absolute atomic E-state index is 0. The van der Waals surface area contributed by atoms with Gasteiger partial charge in [-0.1, -0.05) is 24.3 Å². The van der Waals surface area contributed by atoms with Crippen LogP contribution in [-0.2, 0) is 20.0 Å². The van der Waals surface area contributed by atoms with Crippen LogP contribution in [0.4, 0.5) is 0 Å². The van der Waals surface area contributed by atoms with Gasteiger partial charge in [0, 0.05) is 26.3 Å². The number of guanidine groups is 1. The largest absolute Gasteiger partial charge is 0.357 e. The second-order valence-electron chi connectivity index (χ2n) is 5.67. The van der Waals surface area contributed by atoms with Crippen LogP contribution < -0.4 is 10.6 Å². The van der Waals surface area contributed by atoms with Crippen LogP contribution in [0.1, 0.15) is 30.0 Å². The molecule has 2 N–H and O–H groups in total. The smallest absolute Gasteiger partial charge is 0.191 e. The molecular formula is C18H28IN5. The summed E-state index contributed by atoms with van der Waals surface area (Å²) in [5.74, 6) is 0.877. The van der Waals surface area contributed by atoms with E-state index in [1.54, 1.807) is 0 Å². The van der Waals surface area contributed by atoms with E-state index in [9.17, 15) is 0 Å². The molecule has 0 fully saturated rings. The number of benzene rings is 1. The molecule has 24 heavy (non-hydrogen) atoms. The molecule has 0 atom stereocenters. The van der Waals surface area contributed by atoms with Crippen molar-refractivity contribution in [2.75, 3.05) is 13.1 Å². The quantitative estimate of drug-likeness (QED) is 0.301. The lowest BCUT2D eigenvalue weighted by Gasteiger charge is -2.11. The van der Waals surface area contributed by atoms with Gasteiger partial charge >= 0.3 is 0 Å². The maximum absolute atomic E-state index is 4.67. The van der Waals surface area contributed by atoms with Gasteiger partial charge in [0.15, 0.2) is 5.96 Å². The van der Waals surface area contributed by atoms with E-state index < -0.39 is 0 Å². The Morgan fingerprint density at radius 2 is 2.04 bits per heavy atom. The first-order chi connectivity index (χ1) is 11.2. The highest BCUT2D eigenvalue weighted by Gasteiger charge is 2.00. The first-order valence-corrected chi connectivity index (χ1v) is 8.23. The molecule has 2 aromatic rings. The van der Waals surface area contributed by atoms with Crippen LogP contribution in [0.15, 0.2) is 41.7 Å².